The second-order valence-corrected chi connectivity index (χ2v) is 4.32. The van der Waals surface area contributed by atoms with Crippen LogP contribution in [0.25, 0.3) is 0 Å². The lowest BCUT2D eigenvalue weighted by atomic mass is 10.1. The Morgan fingerprint density at radius 3 is 2.75 bits per heavy atom. The van der Waals surface area contributed by atoms with Crippen LogP contribution in [0.1, 0.15) is 24.2 Å². The molecule has 0 saturated heterocycles. The number of nitrogens with zero attached hydrogens (tertiary/aromatic N) is 1. The molecule has 20 heavy (non-hydrogen) atoms. The van der Waals surface area contributed by atoms with Gasteiger partial charge in [0.1, 0.15) is 5.56 Å². The number of nitro groups is 1. The first-order chi connectivity index (χ1) is 9.32. The average molecular weight is 285 g/mol. The molecule has 0 spiro atoms. The Kier molecular flexibility index (Phi) is 5.39. The molecule has 0 aromatic heterocycles. The molecule has 1 amide bonds. The van der Waals surface area contributed by atoms with Gasteiger partial charge in [0.25, 0.3) is 11.6 Å². The zero-order valence-corrected chi connectivity index (χ0v) is 11.2. The molecule has 1 rings (SSSR count). The van der Waals surface area contributed by atoms with Gasteiger partial charge in [-0.2, -0.15) is 0 Å². The number of amides is 1. The standard InChI is InChI=1S/C12H16FN3O4/c1-7(2)20-4-3-15-12(17)8-5-10(14)9(13)6-11(8)16(18)19/h5-7H,3-4,14H2,1-2H3,(H,15,17). The van der Waals surface area contributed by atoms with Gasteiger partial charge < -0.3 is 15.8 Å². The monoisotopic (exact) mass is 285 g/mol. The van der Waals surface area contributed by atoms with Crippen LogP contribution in [0.3, 0.4) is 0 Å². The predicted octanol–water partition coefficient (Wildman–Crippen LogP) is 1.47. The lowest BCUT2D eigenvalue weighted by Gasteiger charge is -2.09. The van der Waals surface area contributed by atoms with Gasteiger partial charge in [-0.1, -0.05) is 0 Å². The van der Waals surface area contributed by atoms with Crippen molar-refractivity contribution in [1.29, 1.82) is 0 Å². The summed E-state index contributed by atoms with van der Waals surface area (Å²) in [5, 5.41) is 13.3. The van der Waals surface area contributed by atoms with Crippen molar-refractivity contribution in [2.45, 2.75) is 20.0 Å². The summed E-state index contributed by atoms with van der Waals surface area (Å²) < 4.78 is 18.4. The molecule has 8 heteroatoms. The molecular formula is C12H16FN3O4. The van der Waals surface area contributed by atoms with E-state index >= 15 is 0 Å². The fourth-order valence-corrected chi connectivity index (χ4v) is 1.47. The topological polar surface area (TPSA) is 107 Å². The van der Waals surface area contributed by atoms with E-state index in [9.17, 15) is 19.3 Å². The molecule has 0 heterocycles. The third kappa shape index (κ3) is 4.16. The summed E-state index contributed by atoms with van der Waals surface area (Å²) in [6.07, 6.45) is 0.0164. The van der Waals surface area contributed by atoms with Crippen LogP contribution < -0.4 is 11.1 Å². The lowest BCUT2D eigenvalue weighted by molar-refractivity contribution is -0.385. The number of nitrogen functional groups attached to an aromatic ring is 1. The molecule has 0 aliphatic rings. The second-order valence-electron chi connectivity index (χ2n) is 4.32. The van der Waals surface area contributed by atoms with Gasteiger partial charge in [-0.15, -0.1) is 0 Å². The maximum Gasteiger partial charge on any atom is 0.285 e. The SMILES string of the molecule is CC(C)OCCNC(=O)c1cc(N)c(F)cc1[N+](=O)[O-]. The van der Waals surface area contributed by atoms with E-state index < -0.39 is 22.3 Å². The fourth-order valence-electron chi connectivity index (χ4n) is 1.47. The van der Waals surface area contributed by atoms with Gasteiger partial charge in [-0.25, -0.2) is 4.39 Å². The highest BCUT2D eigenvalue weighted by Gasteiger charge is 2.22. The van der Waals surface area contributed by atoms with Crippen LogP contribution in [0.5, 0.6) is 0 Å². The molecule has 7 nitrogen and oxygen atoms in total. The smallest absolute Gasteiger partial charge is 0.285 e. The van der Waals surface area contributed by atoms with Gasteiger partial charge in [0, 0.05) is 6.54 Å². The number of nitrogens with two attached hydrogens (primary N) is 1. The van der Waals surface area contributed by atoms with Crippen molar-refractivity contribution in [3.63, 3.8) is 0 Å². The number of hydrogen-bond acceptors (Lipinski definition) is 5. The van der Waals surface area contributed by atoms with E-state index in [1.54, 1.807) is 0 Å². The molecule has 0 aliphatic carbocycles. The summed E-state index contributed by atoms with van der Waals surface area (Å²) in [7, 11) is 0. The molecule has 0 unspecified atom stereocenters. The van der Waals surface area contributed by atoms with E-state index in [1.165, 1.54) is 0 Å². The highest BCUT2D eigenvalue weighted by molar-refractivity contribution is 5.99. The number of nitro benzene ring substituents is 1. The Labute approximate surface area is 115 Å². The lowest BCUT2D eigenvalue weighted by Crippen LogP contribution is -2.28. The third-order valence-electron chi connectivity index (χ3n) is 2.40. The van der Waals surface area contributed by atoms with Crippen LogP contribution in [0.4, 0.5) is 15.8 Å². The zero-order chi connectivity index (χ0) is 15.3. The molecule has 0 aliphatic heterocycles. The van der Waals surface area contributed by atoms with Crippen molar-refractivity contribution in [2.24, 2.45) is 0 Å². The molecule has 1 aromatic carbocycles. The number of hydrogen-bond donors (Lipinski definition) is 2. The minimum absolute atomic E-state index is 0.0164. The Bertz CT molecular complexity index is 520. The van der Waals surface area contributed by atoms with E-state index in [2.05, 4.69) is 5.32 Å². The first kappa shape index (κ1) is 15.8. The summed E-state index contributed by atoms with van der Waals surface area (Å²) in [6, 6.07) is 1.58. The van der Waals surface area contributed by atoms with Crippen LogP contribution in [0.15, 0.2) is 12.1 Å². The van der Waals surface area contributed by atoms with Crippen molar-refractivity contribution in [1.82, 2.24) is 5.32 Å². The van der Waals surface area contributed by atoms with Gasteiger partial charge in [-0.3, -0.25) is 14.9 Å². The highest BCUT2D eigenvalue weighted by atomic mass is 19.1. The first-order valence-corrected chi connectivity index (χ1v) is 5.96. The summed E-state index contributed by atoms with van der Waals surface area (Å²) >= 11 is 0. The van der Waals surface area contributed by atoms with Gasteiger partial charge >= 0.3 is 0 Å². The molecule has 0 bridgehead atoms. The number of nitrogens with one attached hydrogen (secondary N) is 1. The predicted molar refractivity (Wildman–Crippen MR) is 70.9 cm³/mol. The van der Waals surface area contributed by atoms with Crippen LogP contribution in [0.2, 0.25) is 0 Å². The van der Waals surface area contributed by atoms with Gasteiger partial charge in [-0.05, 0) is 19.9 Å². The molecule has 0 atom stereocenters. The number of benzene rings is 1. The molecule has 1 aromatic rings. The van der Waals surface area contributed by atoms with Crippen molar-refractivity contribution in [2.75, 3.05) is 18.9 Å². The number of carbonyl (C=O) groups excluding carboxylic acids is 1. The first-order valence-electron chi connectivity index (χ1n) is 5.96. The van der Waals surface area contributed by atoms with Gasteiger partial charge in [0.2, 0.25) is 0 Å². The number of carbonyl (C=O) groups is 1. The Hall–Kier alpha value is -2.22. The Morgan fingerprint density at radius 1 is 1.55 bits per heavy atom. The summed E-state index contributed by atoms with van der Waals surface area (Å²) in [5.41, 5.74) is 4.09. The molecule has 0 saturated carbocycles. The van der Waals surface area contributed by atoms with Crippen LogP contribution in [-0.2, 0) is 4.74 Å². The zero-order valence-electron chi connectivity index (χ0n) is 11.2. The molecule has 3 N–H and O–H groups in total. The number of ether oxygens (including phenoxy) is 1. The van der Waals surface area contributed by atoms with E-state index in [-0.39, 0.29) is 30.5 Å². The van der Waals surface area contributed by atoms with Crippen molar-refractivity contribution < 1.29 is 18.8 Å². The number of rotatable bonds is 6. The minimum Gasteiger partial charge on any atom is -0.396 e. The Morgan fingerprint density at radius 2 is 2.20 bits per heavy atom. The summed E-state index contributed by atoms with van der Waals surface area (Å²) in [5.74, 6) is -1.63. The second kappa shape index (κ2) is 6.80. The fraction of sp³-hybridized carbons (Fsp3) is 0.417. The molecular weight excluding hydrogens is 269 g/mol. The maximum atomic E-state index is 13.2. The van der Waals surface area contributed by atoms with Crippen LogP contribution in [-0.4, -0.2) is 30.1 Å². The third-order valence-corrected chi connectivity index (χ3v) is 2.40. The van der Waals surface area contributed by atoms with Crippen molar-refractivity contribution >= 4 is 17.3 Å². The average Bonchev–Trinajstić information content (AvgIpc) is 2.36. The highest BCUT2D eigenvalue weighted by Crippen LogP contribution is 2.24. The summed E-state index contributed by atoms with van der Waals surface area (Å²) in [4.78, 5) is 21.8. The minimum atomic E-state index is -0.934. The molecule has 0 fully saturated rings. The van der Waals surface area contributed by atoms with E-state index in [0.717, 1.165) is 6.07 Å². The van der Waals surface area contributed by atoms with Crippen molar-refractivity contribution in [3.8, 4) is 0 Å². The quantitative estimate of drug-likeness (QED) is 0.356. The van der Waals surface area contributed by atoms with Crippen LogP contribution in [0, 0.1) is 15.9 Å². The molecule has 110 valence electrons. The van der Waals surface area contributed by atoms with E-state index in [0.29, 0.717) is 6.07 Å². The van der Waals surface area contributed by atoms with Gasteiger partial charge in [0.15, 0.2) is 5.82 Å². The number of anilines is 1. The summed E-state index contributed by atoms with van der Waals surface area (Å²) in [6.45, 7) is 4.14. The normalized spacial score (nSPS) is 10.6. The Balaban J connectivity index is 2.81. The number of halogens is 1. The van der Waals surface area contributed by atoms with E-state index in [4.69, 9.17) is 10.5 Å². The largest absolute Gasteiger partial charge is 0.396 e. The maximum absolute atomic E-state index is 13.2. The molecule has 0 radical (unpaired) electrons. The van der Waals surface area contributed by atoms with Crippen LogP contribution >= 0.6 is 0 Å². The van der Waals surface area contributed by atoms with E-state index in [1.807, 2.05) is 13.8 Å². The van der Waals surface area contributed by atoms with Gasteiger partial charge in [0.05, 0.1) is 29.4 Å². The van der Waals surface area contributed by atoms with Crippen molar-refractivity contribution in [3.05, 3.63) is 33.6 Å².